The van der Waals surface area contributed by atoms with E-state index in [2.05, 4.69) is 18.7 Å². The molecule has 0 aromatic heterocycles. The molecular weight excluding hydrogens is 318 g/mol. The summed E-state index contributed by atoms with van der Waals surface area (Å²) < 4.78 is 16.3. The van der Waals surface area contributed by atoms with Gasteiger partial charge in [-0.05, 0) is 49.2 Å². The van der Waals surface area contributed by atoms with Crippen LogP contribution in [0, 0.1) is 6.92 Å². The fraction of sp³-hybridized carbons (Fsp3) is 0.450. The van der Waals surface area contributed by atoms with Crippen LogP contribution in [0.25, 0.3) is 10.8 Å². The van der Waals surface area contributed by atoms with E-state index in [0.29, 0.717) is 17.9 Å². The molecule has 0 heterocycles. The zero-order valence-electron chi connectivity index (χ0n) is 15.7. The Morgan fingerprint density at radius 3 is 2.40 bits per heavy atom. The molecule has 5 heteroatoms. The largest absolute Gasteiger partial charge is 0.497 e. The Labute approximate surface area is 149 Å². The van der Waals surface area contributed by atoms with Crippen LogP contribution in [0.15, 0.2) is 24.3 Å². The average Bonchev–Trinajstić information content (AvgIpc) is 2.65. The summed E-state index contributed by atoms with van der Waals surface area (Å²) in [6.07, 6.45) is 0. The van der Waals surface area contributed by atoms with Crippen LogP contribution in [0.3, 0.4) is 0 Å². The molecule has 0 saturated heterocycles. The monoisotopic (exact) mass is 345 g/mol. The second-order valence-corrected chi connectivity index (χ2v) is 5.83. The minimum atomic E-state index is -0.358. The van der Waals surface area contributed by atoms with Crippen LogP contribution in [-0.2, 0) is 4.74 Å². The van der Waals surface area contributed by atoms with E-state index >= 15 is 0 Å². The predicted octanol–water partition coefficient (Wildman–Crippen LogP) is 3.66. The van der Waals surface area contributed by atoms with Crippen molar-refractivity contribution in [2.24, 2.45) is 0 Å². The van der Waals surface area contributed by atoms with E-state index in [1.54, 1.807) is 13.2 Å². The SMILES string of the molecule is CCN(CC)CCOc1cc(C(=O)OC)c(C)c2ccc(OC)cc12. The standard InChI is InChI=1S/C20H27NO4/c1-6-21(7-2)10-11-25-19-13-17(20(22)24-5)14(3)16-9-8-15(23-4)12-18(16)19/h8-9,12-13H,6-7,10-11H2,1-5H3. The molecule has 25 heavy (non-hydrogen) atoms. The Balaban J connectivity index is 2.43. The lowest BCUT2D eigenvalue weighted by molar-refractivity contribution is 0.0599. The Hall–Kier alpha value is -2.27. The fourth-order valence-corrected chi connectivity index (χ4v) is 2.91. The van der Waals surface area contributed by atoms with Gasteiger partial charge in [0.15, 0.2) is 0 Å². The number of esters is 1. The molecule has 2 aromatic rings. The summed E-state index contributed by atoms with van der Waals surface area (Å²) in [7, 11) is 3.03. The predicted molar refractivity (Wildman–Crippen MR) is 99.9 cm³/mol. The van der Waals surface area contributed by atoms with Crippen LogP contribution in [0.2, 0.25) is 0 Å². The molecule has 0 fully saturated rings. The Bertz CT molecular complexity index is 738. The maximum absolute atomic E-state index is 12.1. The van der Waals surface area contributed by atoms with Crippen molar-refractivity contribution < 1.29 is 19.0 Å². The molecule has 0 bridgehead atoms. The number of ether oxygens (including phenoxy) is 3. The van der Waals surface area contributed by atoms with Crippen molar-refractivity contribution in [3.63, 3.8) is 0 Å². The highest BCUT2D eigenvalue weighted by atomic mass is 16.5. The quantitative estimate of drug-likeness (QED) is 0.683. The third-order valence-electron chi connectivity index (χ3n) is 4.54. The molecule has 0 amide bonds. The van der Waals surface area contributed by atoms with Gasteiger partial charge in [0, 0.05) is 11.9 Å². The number of hydrogen-bond acceptors (Lipinski definition) is 5. The van der Waals surface area contributed by atoms with Crippen LogP contribution in [0.4, 0.5) is 0 Å². The van der Waals surface area contributed by atoms with Crippen molar-refractivity contribution in [3.8, 4) is 11.5 Å². The van der Waals surface area contributed by atoms with Gasteiger partial charge in [-0.1, -0.05) is 19.9 Å². The van der Waals surface area contributed by atoms with E-state index in [0.717, 1.165) is 41.7 Å². The van der Waals surface area contributed by atoms with E-state index in [1.165, 1.54) is 7.11 Å². The normalized spacial score (nSPS) is 11.0. The molecule has 0 radical (unpaired) electrons. The summed E-state index contributed by atoms with van der Waals surface area (Å²) in [5.41, 5.74) is 1.40. The van der Waals surface area contributed by atoms with Gasteiger partial charge in [-0.15, -0.1) is 0 Å². The number of aryl methyl sites for hydroxylation is 1. The van der Waals surface area contributed by atoms with Crippen LogP contribution >= 0.6 is 0 Å². The third kappa shape index (κ3) is 4.23. The van der Waals surface area contributed by atoms with Crippen molar-refractivity contribution in [1.82, 2.24) is 4.90 Å². The molecule has 0 spiro atoms. The molecule has 2 aromatic carbocycles. The smallest absolute Gasteiger partial charge is 0.338 e. The maximum atomic E-state index is 12.1. The number of carbonyl (C=O) groups excluding carboxylic acids is 1. The van der Waals surface area contributed by atoms with E-state index in [4.69, 9.17) is 14.2 Å². The van der Waals surface area contributed by atoms with Crippen LogP contribution in [-0.4, -0.2) is 51.3 Å². The van der Waals surface area contributed by atoms with Crippen molar-refractivity contribution in [3.05, 3.63) is 35.4 Å². The number of carbonyl (C=O) groups is 1. The van der Waals surface area contributed by atoms with Gasteiger partial charge in [0.1, 0.15) is 18.1 Å². The molecule has 0 atom stereocenters. The summed E-state index contributed by atoms with van der Waals surface area (Å²) in [6, 6.07) is 7.55. The summed E-state index contributed by atoms with van der Waals surface area (Å²) in [5.74, 6) is 1.07. The van der Waals surface area contributed by atoms with Gasteiger partial charge in [0.05, 0.1) is 19.8 Å². The number of nitrogens with zero attached hydrogens (tertiary/aromatic N) is 1. The summed E-state index contributed by atoms with van der Waals surface area (Å²) in [5, 5.41) is 1.89. The molecule has 0 N–H and O–H groups in total. The first kappa shape index (κ1) is 19.1. The number of fused-ring (bicyclic) bond motifs is 1. The van der Waals surface area contributed by atoms with Crippen LogP contribution in [0.5, 0.6) is 11.5 Å². The lowest BCUT2D eigenvalue weighted by Crippen LogP contribution is -2.28. The first-order chi connectivity index (χ1) is 12.0. The lowest BCUT2D eigenvalue weighted by Gasteiger charge is -2.19. The molecule has 5 nitrogen and oxygen atoms in total. The van der Waals surface area contributed by atoms with Crippen molar-refractivity contribution in [1.29, 1.82) is 0 Å². The maximum Gasteiger partial charge on any atom is 0.338 e. The van der Waals surface area contributed by atoms with E-state index < -0.39 is 0 Å². The Morgan fingerprint density at radius 1 is 1.08 bits per heavy atom. The summed E-state index contributed by atoms with van der Waals surface area (Å²) in [6.45, 7) is 9.53. The zero-order valence-corrected chi connectivity index (χ0v) is 15.7. The molecule has 0 saturated carbocycles. The van der Waals surface area contributed by atoms with Gasteiger partial charge >= 0.3 is 5.97 Å². The number of likely N-dealkylation sites (N-methyl/N-ethyl adjacent to an activating group) is 1. The molecular formula is C20H27NO4. The van der Waals surface area contributed by atoms with Gasteiger partial charge in [0.25, 0.3) is 0 Å². The molecule has 0 unspecified atom stereocenters. The number of rotatable bonds is 8. The van der Waals surface area contributed by atoms with E-state index in [9.17, 15) is 4.79 Å². The number of methoxy groups -OCH3 is 2. The molecule has 2 rings (SSSR count). The van der Waals surface area contributed by atoms with E-state index in [-0.39, 0.29) is 5.97 Å². The van der Waals surface area contributed by atoms with Crippen molar-refractivity contribution in [2.45, 2.75) is 20.8 Å². The highest BCUT2D eigenvalue weighted by Gasteiger charge is 2.17. The molecule has 0 aliphatic carbocycles. The minimum absolute atomic E-state index is 0.358. The van der Waals surface area contributed by atoms with Gasteiger partial charge < -0.3 is 19.1 Å². The first-order valence-electron chi connectivity index (χ1n) is 8.60. The third-order valence-corrected chi connectivity index (χ3v) is 4.54. The second-order valence-electron chi connectivity index (χ2n) is 5.83. The number of benzene rings is 2. The summed E-state index contributed by atoms with van der Waals surface area (Å²) in [4.78, 5) is 14.4. The van der Waals surface area contributed by atoms with E-state index in [1.807, 2.05) is 25.1 Å². The molecule has 136 valence electrons. The minimum Gasteiger partial charge on any atom is -0.497 e. The second kappa shape index (κ2) is 8.72. The van der Waals surface area contributed by atoms with Gasteiger partial charge in [-0.2, -0.15) is 0 Å². The van der Waals surface area contributed by atoms with Crippen LogP contribution in [0.1, 0.15) is 29.8 Å². The van der Waals surface area contributed by atoms with Crippen LogP contribution < -0.4 is 9.47 Å². The lowest BCUT2D eigenvalue weighted by atomic mass is 9.99. The zero-order chi connectivity index (χ0) is 18.4. The average molecular weight is 345 g/mol. The highest BCUT2D eigenvalue weighted by Crippen LogP contribution is 2.34. The fourth-order valence-electron chi connectivity index (χ4n) is 2.91. The van der Waals surface area contributed by atoms with Gasteiger partial charge in [-0.3, -0.25) is 0 Å². The topological polar surface area (TPSA) is 48.0 Å². The summed E-state index contributed by atoms with van der Waals surface area (Å²) >= 11 is 0. The first-order valence-corrected chi connectivity index (χ1v) is 8.60. The van der Waals surface area contributed by atoms with Gasteiger partial charge in [-0.25, -0.2) is 4.79 Å². The van der Waals surface area contributed by atoms with Crippen molar-refractivity contribution >= 4 is 16.7 Å². The highest BCUT2D eigenvalue weighted by molar-refractivity contribution is 6.01. The molecule has 0 aliphatic rings. The molecule has 0 aliphatic heterocycles. The Kier molecular flexibility index (Phi) is 6.65. The van der Waals surface area contributed by atoms with Crippen molar-refractivity contribution in [2.75, 3.05) is 40.5 Å². The Morgan fingerprint density at radius 2 is 1.80 bits per heavy atom. The van der Waals surface area contributed by atoms with Gasteiger partial charge in [0.2, 0.25) is 0 Å². The number of hydrogen-bond donors (Lipinski definition) is 0.